The van der Waals surface area contributed by atoms with Gasteiger partial charge in [-0.25, -0.2) is 4.98 Å². The van der Waals surface area contributed by atoms with Crippen LogP contribution < -0.4 is 0 Å². The van der Waals surface area contributed by atoms with Crippen molar-refractivity contribution in [2.75, 3.05) is 20.7 Å². The summed E-state index contributed by atoms with van der Waals surface area (Å²) < 4.78 is 2.08. The van der Waals surface area contributed by atoms with Crippen molar-refractivity contribution in [1.29, 1.82) is 0 Å². The summed E-state index contributed by atoms with van der Waals surface area (Å²) in [4.78, 5) is 6.61. The van der Waals surface area contributed by atoms with Crippen LogP contribution >= 0.6 is 0 Å². The predicted octanol–water partition coefficient (Wildman–Crippen LogP) is 2.56. The van der Waals surface area contributed by atoms with Crippen LogP contribution in [-0.4, -0.2) is 40.3 Å². The van der Waals surface area contributed by atoms with Gasteiger partial charge in [0, 0.05) is 37.2 Å². The first kappa shape index (κ1) is 14.8. The van der Waals surface area contributed by atoms with Crippen LogP contribution in [0.2, 0.25) is 0 Å². The third-order valence-electron chi connectivity index (χ3n) is 3.70. The Morgan fingerprint density at radius 3 is 2.55 bits per heavy atom. The van der Waals surface area contributed by atoms with E-state index in [0.29, 0.717) is 6.04 Å². The average molecular weight is 273 g/mol. The Morgan fingerprint density at radius 1 is 1.25 bits per heavy atom. The molecule has 0 spiro atoms. The van der Waals surface area contributed by atoms with Gasteiger partial charge >= 0.3 is 0 Å². The highest BCUT2D eigenvalue weighted by atomic mass is 16.3. The van der Waals surface area contributed by atoms with Crippen molar-refractivity contribution in [2.24, 2.45) is 0 Å². The van der Waals surface area contributed by atoms with Crippen LogP contribution in [0.25, 0.3) is 11.4 Å². The fourth-order valence-electron chi connectivity index (χ4n) is 2.20. The molecule has 1 atom stereocenters. The van der Waals surface area contributed by atoms with Crippen molar-refractivity contribution < 1.29 is 5.11 Å². The lowest BCUT2D eigenvalue weighted by atomic mass is 10.1. The molecular formula is C16H23N3O. The molecule has 0 radical (unpaired) electrons. The molecule has 0 aliphatic heterocycles. The second-order valence-corrected chi connectivity index (χ2v) is 5.28. The molecule has 4 heteroatoms. The van der Waals surface area contributed by atoms with Crippen LogP contribution in [-0.2, 0) is 6.54 Å². The lowest BCUT2D eigenvalue weighted by molar-refractivity contribution is 0.280. The van der Waals surface area contributed by atoms with Crippen molar-refractivity contribution in [3.63, 3.8) is 0 Å². The summed E-state index contributed by atoms with van der Waals surface area (Å²) in [7, 11) is 4.17. The molecule has 0 unspecified atom stereocenters. The van der Waals surface area contributed by atoms with E-state index in [1.165, 1.54) is 5.56 Å². The van der Waals surface area contributed by atoms with Gasteiger partial charge in [-0.05, 0) is 33.0 Å². The predicted molar refractivity (Wildman–Crippen MR) is 81.5 cm³/mol. The summed E-state index contributed by atoms with van der Waals surface area (Å²) >= 11 is 0. The maximum Gasteiger partial charge on any atom is 0.139 e. The van der Waals surface area contributed by atoms with Crippen LogP contribution in [0.3, 0.4) is 0 Å². The molecule has 1 aromatic heterocycles. The summed E-state index contributed by atoms with van der Waals surface area (Å²) in [6.07, 6.45) is 4.52. The number of imidazole rings is 1. The lowest BCUT2D eigenvalue weighted by Crippen LogP contribution is -2.16. The Hall–Kier alpha value is -1.65. The number of aliphatic hydroxyl groups excluding tert-OH is 1. The summed E-state index contributed by atoms with van der Waals surface area (Å²) in [5, 5.41) is 8.94. The van der Waals surface area contributed by atoms with Gasteiger partial charge in [-0.2, -0.15) is 0 Å². The fourth-order valence-corrected chi connectivity index (χ4v) is 2.20. The molecule has 0 aliphatic rings. The lowest BCUT2D eigenvalue weighted by Gasteiger charge is -2.20. The molecule has 4 nitrogen and oxygen atoms in total. The first-order chi connectivity index (χ1) is 9.63. The van der Waals surface area contributed by atoms with Gasteiger partial charge in [0.2, 0.25) is 0 Å². The van der Waals surface area contributed by atoms with Gasteiger partial charge in [0.1, 0.15) is 5.82 Å². The van der Waals surface area contributed by atoms with E-state index in [1.807, 2.05) is 12.4 Å². The second-order valence-electron chi connectivity index (χ2n) is 5.28. The zero-order valence-electron chi connectivity index (χ0n) is 12.5. The Bertz CT molecular complexity index is 531. The minimum absolute atomic E-state index is 0.205. The summed E-state index contributed by atoms with van der Waals surface area (Å²) in [5.74, 6) is 0.961. The molecule has 0 saturated carbocycles. The van der Waals surface area contributed by atoms with Gasteiger partial charge in [-0.3, -0.25) is 0 Å². The van der Waals surface area contributed by atoms with E-state index in [4.69, 9.17) is 5.11 Å². The molecule has 2 aromatic rings. The molecule has 1 N–H and O–H groups in total. The van der Waals surface area contributed by atoms with Crippen molar-refractivity contribution >= 4 is 0 Å². The molecule has 1 aromatic carbocycles. The third-order valence-corrected chi connectivity index (χ3v) is 3.70. The van der Waals surface area contributed by atoms with Gasteiger partial charge in [0.25, 0.3) is 0 Å². The molecule has 1 heterocycles. The highest BCUT2D eigenvalue weighted by Crippen LogP contribution is 2.22. The number of hydrogen-bond donors (Lipinski definition) is 1. The Kier molecular flexibility index (Phi) is 4.93. The van der Waals surface area contributed by atoms with Crippen LogP contribution in [0, 0.1) is 0 Å². The second kappa shape index (κ2) is 6.68. The highest BCUT2D eigenvalue weighted by Gasteiger charge is 2.09. The van der Waals surface area contributed by atoms with E-state index >= 15 is 0 Å². The Morgan fingerprint density at radius 2 is 1.95 bits per heavy atom. The normalized spacial score (nSPS) is 12.8. The van der Waals surface area contributed by atoms with E-state index in [9.17, 15) is 0 Å². The highest BCUT2D eigenvalue weighted by molar-refractivity contribution is 5.56. The molecular weight excluding hydrogens is 250 g/mol. The number of aromatic nitrogens is 2. The largest absolute Gasteiger partial charge is 0.396 e. The molecule has 0 bridgehead atoms. The average Bonchev–Trinajstić information content (AvgIpc) is 2.92. The van der Waals surface area contributed by atoms with Gasteiger partial charge in [0.05, 0.1) is 0 Å². The van der Waals surface area contributed by atoms with Crippen LogP contribution in [0.1, 0.15) is 24.9 Å². The number of rotatable bonds is 6. The summed E-state index contributed by atoms with van der Waals surface area (Å²) in [5.41, 5.74) is 2.41. The molecule has 0 fully saturated rings. The number of hydrogen-bond acceptors (Lipinski definition) is 3. The van der Waals surface area contributed by atoms with Crippen LogP contribution in [0.15, 0.2) is 36.7 Å². The smallest absolute Gasteiger partial charge is 0.139 e. The number of benzene rings is 1. The van der Waals surface area contributed by atoms with E-state index < -0.39 is 0 Å². The molecule has 20 heavy (non-hydrogen) atoms. The number of aliphatic hydroxyl groups is 1. The van der Waals surface area contributed by atoms with Crippen molar-refractivity contribution in [1.82, 2.24) is 14.5 Å². The maximum atomic E-state index is 8.94. The van der Waals surface area contributed by atoms with E-state index in [1.54, 1.807) is 0 Å². The first-order valence-electron chi connectivity index (χ1n) is 7.02. The molecule has 0 aliphatic carbocycles. The summed E-state index contributed by atoms with van der Waals surface area (Å²) in [6, 6.07) is 8.95. The zero-order chi connectivity index (χ0) is 14.5. The molecule has 0 amide bonds. The maximum absolute atomic E-state index is 8.94. The fraction of sp³-hybridized carbons (Fsp3) is 0.438. The van der Waals surface area contributed by atoms with E-state index in [0.717, 1.165) is 24.4 Å². The van der Waals surface area contributed by atoms with Gasteiger partial charge < -0.3 is 14.6 Å². The summed E-state index contributed by atoms with van der Waals surface area (Å²) in [6.45, 7) is 3.19. The third kappa shape index (κ3) is 3.26. The number of aryl methyl sites for hydroxylation is 1. The minimum Gasteiger partial charge on any atom is -0.396 e. The van der Waals surface area contributed by atoms with Gasteiger partial charge in [-0.1, -0.05) is 24.3 Å². The first-order valence-corrected chi connectivity index (χ1v) is 7.02. The molecule has 2 rings (SSSR count). The quantitative estimate of drug-likeness (QED) is 0.879. The monoisotopic (exact) mass is 273 g/mol. The van der Waals surface area contributed by atoms with E-state index in [-0.39, 0.29) is 6.61 Å². The van der Waals surface area contributed by atoms with Crippen molar-refractivity contribution in [2.45, 2.75) is 25.9 Å². The van der Waals surface area contributed by atoms with Gasteiger partial charge in [-0.15, -0.1) is 0 Å². The van der Waals surface area contributed by atoms with Crippen molar-refractivity contribution in [3.8, 4) is 11.4 Å². The zero-order valence-corrected chi connectivity index (χ0v) is 12.5. The Labute approximate surface area is 120 Å². The van der Waals surface area contributed by atoms with Gasteiger partial charge in [0.15, 0.2) is 0 Å². The van der Waals surface area contributed by atoms with Crippen LogP contribution in [0.5, 0.6) is 0 Å². The standard InChI is InChI=1S/C16H23N3O/c1-13(18(2)3)14-5-7-15(8-6-14)16-17-9-11-19(16)10-4-12-20/h5-9,11,13,20H,4,10,12H2,1-3H3/t13-/m1/s1. The minimum atomic E-state index is 0.205. The molecule has 0 saturated heterocycles. The van der Waals surface area contributed by atoms with Crippen molar-refractivity contribution in [3.05, 3.63) is 42.2 Å². The molecule has 108 valence electrons. The van der Waals surface area contributed by atoms with Crippen LogP contribution in [0.4, 0.5) is 0 Å². The topological polar surface area (TPSA) is 41.3 Å². The SMILES string of the molecule is C[C@H](c1ccc(-c2nccn2CCCO)cc1)N(C)C. The van der Waals surface area contributed by atoms with E-state index in [2.05, 4.69) is 59.7 Å². The number of nitrogens with zero attached hydrogens (tertiary/aromatic N) is 3. The Balaban J connectivity index is 2.20.